The van der Waals surface area contributed by atoms with E-state index >= 15 is 0 Å². The first-order chi connectivity index (χ1) is 8.20. The standard InChI is InChI=1S/C13H15NO2S/c14-8-12(15)9-17(16)13-6-5-10-3-1-2-4-11(10)7-13/h1-7,12,15H,8-9,14H2. The molecule has 0 saturated heterocycles. The van der Waals surface area contributed by atoms with Crippen LogP contribution < -0.4 is 5.73 Å². The largest absolute Gasteiger partial charge is 0.391 e. The van der Waals surface area contributed by atoms with Crippen molar-refractivity contribution in [3.63, 3.8) is 0 Å². The summed E-state index contributed by atoms with van der Waals surface area (Å²) in [5.41, 5.74) is 5.30. The van der Waals surface area contributed by atoms with E-state index in [2.05, 4.69) is 0 Å². The van der Waals surface area contributed by atoms with Crippen LogP contribution in [0.2, 0.25) is 0 Å². The Morgan fingerprint density at radius 2 is 1.88 bits per heavy atom. The van der Waals surface area contributed by atoms with Gasteiger partial charge in [0.1, 0.15) is 0 Å². The van der Waals surface area contributed by atoms with Crippen molar-refractivity contribution in [1.29, 1.82) is 0 Å². The van der Waals surface area contributed by atoms with Gasteiger partial charge in [-0.05, 0) is 22.9 Å². The van der Waals surface area contributed by atoms with Gasteiger partial charge in [-0.1, -0.05) is 30.3 Å². The minimum Gasteiger partial charge on any atom is -0.391 e. The summed E-state index contributed by atoms with van der Waals surface area (Å²) in [5.74, 6) is 0.189. The van der Waals surface area contributed by atoms with Crippen LogP contribution >= 0.6 is 0 Å². The third-order valence-electron chi connectivity index (χ3n) is 2.60. The number of fused-ring (bicyclic) bond motifs is 1. The molecule has 0 saturated carbocycles. The quantitative estimate of drug-likeness (QED) is 0.857. The highest BCUT2D eigenvalue weighted by Gasteiger charge is 2.10. The summed E-state index contributed by atoms with van der Waals surface area (Å²) in [6.45, 7) is 0.138. The Labute approximate surface area is 103 Å². The summed E-state index contributed by atoms with van der Waals surface area (Å²) in [5, 5.41) is 11.6. The van der Waals surface area contributed by atoms with Crippen molar-refractivity contribution in [2.45, 2.75) is 11.0 Å². The molecule has 2 aromatic carbocycles. The number of aliphatic hydroxyl groups excluding tert-OH is 1. The summed E-state index contributed by atoms with van der Waals surface area (Å²) in [4.78, 5) is 0.733. The fourth-order valence-corrected chi connectivity index (χ4v) is 2.80. The van der Waals surface area contributed by atoms with Crippen LogP contribution in [0.3, 0.4) is 0 Å². The van der Waals surface area contributed by atoms with E-state index in [-0.39, 0.29) is 12.3 Å². The van der Waals surface area contributed by atoms with Gasteiger partial charge in [0.05, 0.1) is 22.7 Å². The summed E-state index contributed by atoms with van der Waals surface area (Å²) in [6, 6.07) is 13.6. The molecule has 0 aliphatic carbocycles. The molecule has 2 aromatic rings. The molecule has 3 N–H and O–H groups in total. The van der Waals surface area contributed by atoms with Crippen molar-refractivity contribution in [3.8, 4) is 0 Å². The molecular weight excluding hydrogens is 234 g/mol. The average molecular weight is 249 g/mol. The van der Waals surface area contributed by atoms with Crippen molar-refractivity contribution >= 4 is 21.6 Å². The Balaban J connectivity index is 2.27. The second-order valence-electron chi connectivity index (χ2n) is 3.91. The lowest BCUT2D eigenvalue weighted by atomic mass is 10.1. The van der Waals surface area contributed by atoms with Crippen LogP contribution in [-0.2, 0) is 10.8 Å². The maximum atomic E-state index is 12.0. The van der Waals surface area contributed by atoms with Crippen molar-refractivity contribution < 1.29 is 9.32 Å². The SMILES string of the molecule is NCC(O)CS(=O)c1ccc2ccccc2c1. The van der Waals surface area contributed by atoms with E-state index in [4.69, 9.17) is 5.73 Å². The van der Waals surface area contributed by atoms with Crippen molar-refractivity contribution in [2.75, 3.05) is 12.3 Å². The Bertz CT molecular complexity index is 542. The Morgan fingerprint density at radius 3 is 2.59 bits per heavy atom. The summed E-state index contributed by atoms with van der Waals surface area (Å²) in [6.07, 6.45) is -0.706. The third-order valence-corrected chi connectivity index (χ3v) is 4.07. The first kappa shape index (κ1) is 12.2. The molecule has 2 atom stereocenters. The van der Waals surface area contributed by atoms with E-state index in [0.29, 0.717) is 0 Å². The van der Waals surface area contributed by atoms with E-state index in [9.17, 15) is 9.32 Å². The zero-order valence-electron chi connectivity index (χ0n) is 9.37. The molecule has 2 unspecified atom stereocenters. The second kappa shape index (κ2) is 5.40. The Hall–Kier alpha value is -1.23. The third kappa shape index (κ3) is 2.91. The van der Waals surface area contributed by atoms with Crippen molar-refractivity contribution in [1.82, 2.24) is 0 Å². The van der Waals surface area contributed by atoms with Gasteiger partial charge in [-0.15, -0.1) is 0 Å². The topological polar surface area (TPSA) is 63.3 Å². The molecule has 0 fully saturated rings. The fourth-order valence-electron chi connectivity index (χ4n) is 1.65. The Kier molecular flexibility index (Phi) is 3.89. The van der Waals surface area contributed by atoms with Gasteiger partial charge in [0.15, 0.2) is 0 Å². The number of rotatable bonds is 4. The molecule has 0 amide bonds. The highest BCUT2D eigenvalue weighted by atomic mass is 32.2. The van der Waals surface area contributed by atoms with Crippen LogP contribution in [0.25, 0.3) is 10.8 Å². The molecule has 0 heterocycles. The number of aliphatic hydroxyl groups is 1. The maximum absolute atomic E-state index is 12.0. The second-order valence-corrected chi connectivity index (χ2v) is 5.41. The van der Waals surface area contributed by atoms with Crippen LogP contribution in [0.4, 0.5) is 0 Å². The molecule has 0 bridgehead atoms. The Morgan fingerprint density at radius 1 is 1.18 bits per heavy atom. The predicted molar refractivity (Wildman–Crippen MR) is 70.3 cm³/mol. The molecule has 0 radical (unpaired) electrons. The van der Waals surface area contributed by atoms with Crippen LogP contribution in [-0.4, -0.2) is 27.7 Å². The number of nitrogens with two attached hydrogens (primary N) is 1. The first-order valence-electron chi connectivity index (χ1n) is 5.46. The zero-order valence-corrected chi connectivity index (χ0v) is 10.2. The predicted octanol–water partition coefficient (Wildman–Crippen LogP) is 1.27. The van der Waals surface area contributed by atoms with Gasteiger partial charge < -0.3 is 10.8 Å². The molecular formula is C13H15NO2S. The highest BCUT2D eigenvalue weighted by molar-refractivity contribution is 7.85. The molecule has 4 heteroatoms. The molecule has 90 valence electrons. The fraction of sp³-hybridized carbons (Fsp3) is 0.231. The number of benzene rings is 2. The highest BCUT2D eigenvalue weighted by Crippen LogP contribution is 2.18. The molecule has 0 aromatic heterocycles. The van der Waals surface area contributed by atoms with Crippen LogP contribution in [0.15, 0.2) is 47.4 Å². The minimum atomic E-state index is -1.20. The van der Waals surface area contributed by atoms with Gasteiger partial charge in [0.25, 0.3) is 0 Å². The van der Waals surface area contributed by atoms with Gasteiger partial charge in [0.2, 0.25) is 0 Å². The summed E-state index contributed by atoms with van der Waals surface area (Å²) < 4.78 is 12.0. The monoisotopic (exact) mass is 249 g/mol. The van der Waals surface area contributed by atoms with Gasteiger partial charge in [-0.3, -0.25) is 4.21 Å². The average Bonchev–Trinajstić information content (AvgIpc) is 2.38. The molecule has 17 heavy (non-hydrogen) atoms. The van der Waals surface area contributed by atoms with Crippen LogP contribution in [0.1, 0.15) is 0 Å². The van der Waals surface area contributed by atoms with Crippen molar-refractivity contribution in [3.05, 3.63) is 42.5 Å². The van der Waals surface area contributed by atoms with Gasteiger partial charge >= 0.3 is 0 Å². The first-order valence-corrected chi connectivity index (χ1v) is 6.78. The smallest absolute Gasteiger partial charge is 0.0781 e. The van der Waals surface area contributed by atoms with Crippen LogP contribution in [0, 0.1) is 0 Å². The lowest BCUT2D eigenvalue weighted by Gasteiger charge is -2.08. The zero-order chi connectivity index (χ0) is 12.3. The lowest BCUT2D eigenvalue weighted by Crippen LogP contribution is -2.25. The maximum Gasteiger partial charge on any atom is 0.0781 e. The van der Waals surface area contributed by atoms with Gasteiger partial charge in [-0.25, -0.2) is 0 Å². The number of hydrogen-bond donors (Lipinski definition) is 2. The van der Waals surface area contributed by atoms with E-state index in [1.54, 1.807) is 0 Å². The van der Waals surface area contributed by atoms with E-state index in [1.165, 1.54) is 0 Å². The minimum absolute atomic E-state index is 0.138. The number of hydrogen-bond acceptors (Lipinski definition) is 3. The van der Waals surface area contributed by atoms with Crippen LogP contribution in [0.5, 0.6) is 0 Å². The lowest BCUT2D eigenvalue weighted by molar-refractivity contribution is 0.207. The normalized spacial score (nSPS) is 14.7. The van der Waals surface area contributed by atoms with Gasteiger partial charge in [0, 0.05) is 11.4 Å². The molecule has 0 aliphatic heterocycles. The van der Waals surface area contributed by atoms with E-state index < -0.39 is 16.9 Å². The molecule has 0 aliphatic rings. The van der Waals surface area contributed by atoms with E-state index in [1.807, 2.05) is 42.5 Å². The van der Waals surface area contributed by atoms with Gasteiger partial charge in [-0.2, -0.15) is 0 Å². The summed E-state index contributed by atoms with van der Waals surface area (Å²) >= 11 is 0. The summed E-state index contributed by atoms with van der Waals surface area (Å²) in [7, 11) is -1.20. The van der Waals surface area contributed by atoms with Crippen molar-refractivity contribution in [2.24, 2.45) is 5.73 Å². The molecule has 2 rings (SSSR count). The molecule has 0 spiro atoms. The molecule has 3 nitrogen and oxygen atoms in total. The van der Waals surface area contributed by atoms with E-state index in [0.717, 1.165) is 15.7 Å².